The third-order valence-electron chi connectivity index (χ3n) is 2.67. The predicted octanol–water partition coefficient (Wildman–Crippen LogP) is 2.16. The first-order valence-corrected chi connectivity index (χ1v) is 7.53. The van der Waals surface area contributed by atoms with Gasteiger partial charge < -0.3 is 10.6 Å². The van der Waals surface area contributed by atoms with Crippen LogP contribution in [0.4, 0.5) is 5.82 Å². The zero-order valence-corrected chi connectivity index (χ0v) is 13.7. The van der Waals surface area contributed by atoms with Crippen LogP contribution in [0.3, 0.4) is 0 Å². The molecule has 0 aliphatic carbocycles. The van der Waals surface area contributed by atoms with E-state index < -0.39 is 0 Å². The SMILES string of the molecule is NC(=S)CCN(Cc1cccnc1)c1ncncc1I. The third kappa shape index (κ3) is 4.34. The highest BCUT2D eigenvalue weighted by molar-refractivity contribution is 14.1. The second-order valence-corrected chi connectivity index (χ2v) is 5.88. The number of rotatable bonds is 6. The molecule has 0 saturated carbocycles. The molecule has 0 bridgehead atoms. The molecule has 0 spiro atoms. The van der Waals surface area contributed by atoms with Gasteiger partial charge in [-0.05, 0) is 34.2 Å². The standard InChI is InChI=1S/C13H14IN5S/c14-11-7-17-9-18-13(11)19(5-3-12(15)20)8-10-2-1-4-16-6-10/h1-2,4,6-7,9H,3,5,8H2,(H2,15,20). The number of pyridine rings is 1. The number of hydrogen-bond acceptors (Lipinski definition) is 5. The van der Waals surface area contributed by atoms with E-state index in [2.05, 4.69) is 42.4 Å². The van der Waals surface area contributed by atoms with E-state index in [4.69, 9.17) is 18.0 Å². The van der Waals surface area contributed by atoms with Gasteiger partial charge in [-0.15, -0.1) is 0 Å². The number of thiocarbonyl (C=S) groups is 1. The average molecular weight is 399 g/mol. The summed E-state index contributed by atoms with van der Waals surface area (Å²) in [7, 11) is 0. The normalized spacial score (nSPS) is 10.2. The van der Waals surface area contributed by atoms with E-state index >= 15 is 0 Å². The largest absolute Gasteiger partial charge is 0.393 e. The van der Waals surface area contributed by atoms with E-state index in [1.807, 2.05) is 18.3 Å². The molecule has 0 aromatic carbocycles. The lowest BCUT2D eigenvalue weighted by molar-refractivity contribution is 0.781. The maximum atomic E-state index is 5.61. The summed E-state index contributed by atoms with van der Waals surface area (Å²) in [5.41, 5.74) is 6.72. The molecule has 0 aliphatic heterocycles. The van der Waals surface area contributed by atoms with Crippen molar-refractivity contribution < 1.29 is 0 Å². The zero-order chi connectivity index (χ0) is 14.4. The van der Waals surface area contributed by atoms with Crippen LogP contribution >= 0.6 is 34.8 Å². The predicted molar refractivity (Wildman–Crippen MR) is 91.4 cm³/mol. The van der Waals surface area contributed by atoms with E-state index in [0.29, 0.717) is 18.0 Å². The topological polar surface area (TPSA) is 67.9 Å². The lowest BCUT2D eigenvalue weighted by Crippen LogP contribution is -2.28. The van der Waals surface area contributed by atoms with E-state index in [1.165, 1.54) is 0 Å². The molecule has 0 aliphatic rings. The van der Waals surface area contributed by atoms with Crippen molar-refractivity contribution in [3.8, 4) is 0 Å². The quantitative estimate of drug-likeness (QED) is 0.593. The molecule has 0 radical (unpaired) electrons. The molecule has 0 atom stereocenters. The Morgan fingerprint density at radius 2 is 2.20 bits per heavy atom. The molecule has 7 heteroatoms. The summed E-state index contributed by atoms with van der Waals surface area (Å²) in [5, 5.41) is 0. The van der Waals surface area contributed by atoms with Gasteiger partial charge in [0.05, 0.1) is 8.56 Å². The van der Waals surface area contributed by atoms with Crippen molar-refractivity contribution in [3.63, 3.8) is 0 Å². The number of halogens is 1. The van der Waals surface area contributed by atoms with Gasteiger partial charge in [0.15, 0.2) is 0 Å². The van der Waals surface area contributed by atoms with Crippen LogP contribution in [0.15, 0.2) is 37.1 Å². The van der Waals surface area contributed by atoms with Gasteiger partial charge >= 0.3 is 0 Å². The van der Waals surface area contributed by atoms with Crippen LogP contribution < -0.4 is 10.6 Å². The maximum absolute atomic E-state index is 5.61. The van der Waals surface area contributed by atoms with Crippen molar-refractivity contribution in [1.82, 2.24) is 15.0 Å². The number of hydrogen-bond donors (Lipinski definition) is 1. The third-order valence-corrected chi connectivity index (χ3v) is 3.64. The highest BCUT2D eigenvalue weighted by atomic mass is 127. The fourth-order valence-corrected chi connectivity index (χ4v) is 2.49. The molecule has 2 heterocycles. The van der Waals surface area contributed by atoms with Crippen LogP contribution in [0.5, 0.6) is 0 Å². The monoisotopic (exact) mass is 399 g/mol. The molecular formula is C13H14IN5S. The van der Waals surface area contributed by atoms with Gasteiger partial charge in [-0.3, -0.25) is 4.98 Å². The van der Waals surface area contributed by atoms with Crippen molar-refractivity contribution >= 4 is 45.6 Å². The van der Waals surface area contributed by atoms with Crippen LogP contribution in [-0.4, -0.2) is 26.5 Å². The van der Waals surface area contributed by atoms with Crippen LogP contribution in [0, 0.1) is 3.57 Å². The second-order valence-electron chi connectivity index (χ2n) is 4.19. The lowest BCUT2D eigenvalue weighted by Gasteiger charge is -2.24. The smallest absolute Gasteiger partial charge is 0.145 e. The Labute approximate surface area is 136 Å². The minimum atomic E-state index is 0.505. The molecule has 2 aromatic heterocycles. The molecule has 0 unspecified atom stereocenters. The molecule has 2 aromatic rings. The molecule has 20 heavy (non-hydrogen) atoms. The minimum Gasteiger partial charge on any atom is -0.393 e. The van der Waals surface area contributed by atoms with Crippen LogP contribution in [0.25, 0.3) is 0 Å². The van der Waals surface area contributed by atoms with Crippen molar-refractivity contribution in [3.05, 3.63) is 46.2 Å². The molecule has 104 valence electrons. The molecule has 5 nitrogen and oxygen atoms in total. The highest BCUT2D eigenvalue weighted by Gasteiger charge is 2.12. The van der Waals surface area contributed by atoms with Crippen molar-refractivity contribution in [2.75, 3.05) is 11.4 Å². The average Bonchev–Trinajstić information content (AvgIpc) is 2.45. The molecule has 2 rings (SSSR count). The Balaban J connectivity index is 2.20. The number of anilines is 1. The fraction of sp³-hybridized carbons (Fsp3) is 0.231. The van der Waals surface area contributed by atoms with E-state index in [9.17, 15) is 0 Å². The minimum absolute atomic E-state index is 0.505. The summed E-state index contributed by atoms with van der Waals surface area (Å²) < 4.78 is 0.997. The van der Waals surface area contributed by atoms with Gasteiger partial charge in [0.1, 0.15) is 12.1 Å². The molecule has 0 amide bonds. The van der Waals surface area contributed by atoms with Gasteiger partial charge in [-0.2, -0.15) is 0 Å². The number of aromatic nitrogens is 3. The van der Waals surface area contributed by atoms with Crippen molar-refractivity contribution in [2.45, 2.75) is 13.0 Å². The van der Waals surface area contributed by atoms with Gasteiger partial charge in [-0.25, -0.2) is 9.97 Å². The van der Waals surface area contributed by atoms with E-state index in [-0.39, 0.29) is 0 Å². The van der Waals surface area contributed by atoms with Gasteiger partial charge in [0.2, 0.25) is 0 Å². The molecule has 0 saturated heterocycles. The highest BCUT2D eigenvalue weighted by Crippen LogP contribution is 2.20. The van der Waals surface area contributed by atoms with Crippen LogP contribution in [0.2, 0.25) is 0 Å². The first-order valence-electron chi connectivity index (χ1n) is 6.04. The van der Waals surface area contributed by atoms with Gasteiger partial charge in [-0.1, -0.05) is 18.3 Å². The summed E-state index contributed by atoms with van der Waals surface area (Å²) in [6, 6.07) is 3.96. The Morgan fingerprint density at radius 1 is 1.35 bits per heavy atom. The molecular weight excluding hydrogens is 385 g/mol. The Bertz CT molecular complexity index is 578. The van der Waals surface area contributed by atoms with Crippen LogP contribution in [-0.2, 0) is 6.54 Å². The number of nitrogens with zero attached hydrogens (tertiary/aromatic N) is 4. The zero-order valence-electron chi connectivity index (χ0n) is 10.7. The summed E-state index contributed by atoms with van der Waals surface area (Å²) in [4.78, 5) is 15.2. The summed E-state index contributed by atoms with van der Waals surface area (Å²) in [6.45, 7) is 1.43. The molecule has 2 N–H and O–H groups in total. The lowest BCUT2D eigenvalue weighted by atomic mass is 10.2. The molecule has 0 fully saturated rings. The summed E-state index contributed by atoms with van der Waals surface area (Å²) in [6.07, 6.45) is 7.60. The maximum Gasteiger partial charge on any atom is 0.145 e. The van der Waals surface area contributed by atoms with Gasteiger partial charge in [0.25, 0.3) is 0 Å². The summed E-state index contributed by atoms with van der Waals surface area (Å²) >= 11 is 7.19. The first-order chi connectivity index (χ1) is 9.66. The van der Waals surface area contributed by atoms with Crippen LogP contribution in [0.1, 0.15) is 12.0 Å². The number of nitrogens with two attached hydrogens (primary N) is 1. The Kier molecular flexibility index (Phi) is 5.60. The summed E-state index contributed by atoms with van der Waals surface area (Å²) in [5.74, 6) is 0.890. The van der Waals surface area contributed by atoms with Crippen molar-refractivity contribution in [2.24, 2.45) is 5.73 Å². The second kappa shape index (κ2) is 7.44. The van der Waals surface area contributed by atoms with Crippen molar-refractivity contribution in [1.29, 1.82) is 0 Å². The van der Waals surface area contributed by atoms with E-state index in [1.54, 1.807) is 18.7 Å². The van der Waals surface area contributed by atoms with Gasteiger partial charge in [0, 0.05) is 38.1 Å². The Hall–Kier alpha value is -1.35. The Morgan fingerprint density at radius 3 is 2.85 bits per heavy atom. The first kappa shape index (κ1) is 15.0. The fourth-order valence-electron chi connectivity index (χ4n) is 1.76. The van der Waals surface area contributed by atoms with E-state index in [0.717, 1.165) is 21.5 Å².